The average molecular weight is 357 g/mol. The lowest BCUT2D eigenvalue weighted by molar-refractivity contribution is -0.121. The van der Waals surface area contributed by atoms with Crippen LogP contribution >= 0.6 is 11.3 Å². The van der Waals surface area contributed by atoms with Crippen molar-refractivity contribution >= 4 is 45.7 Å². The molecule has 2 aromatic rings. The maximum atomic E-state index is 12.4. The molecule has 7 nitrogen and oxygen atoms in total. The Labute approximate surface area is 147 Å². The van der Waals surface area contributed by atoms with Crippen molar-refractivity contribution in [1.29, 1.82) is 0 Å². The van der Waals surface area contributed by atoms with E-state index >= 15 is 0 Å². The molecule has 2 N–H and O–H groups in total. The molecule has 4 amide bonds. The predicted molar refractivity (Wildman–Crippen MR) is 93.8 cm³/mol. The van der Waals surface area contributed by atoms with Crippen LogP contribution < -0.4 is 15.5 Å². The van der Waals surface area contributed by atoms with Crippen molar-refractivity contribution in [2.45, 2.75) is 12.8 Å². The quantitative estimate of drug-likeness (QED) is 0.818. The van der Waals surface area contributed by atoms with Gasteiger partial charge in [0.05, 0.1) is 11.3 Å². The first-order chi connectivity index (χ1) is 12.0. The molecular formula is C17H15N3O4S. The number of nitrogens with zero attached hydrogens (tertiary/aromatic N) is 1. The van der Waals surface area contributed by atoms with E-state index in [0.717, 1.165) is 4.90 Å². The zero-order valence-electron chi connectivity index (χ0n) is 13.4. The van der Waals surface area contributed by atoms with Gasteiger partial charge in [-0.1, -0.05) is 0 Å². The molecule has 1 saturated heterocycles. The Kier molecular flexibility index (Phi) is 4.62. The highest BCUT2D eigenvalue weighted by Crippen LogP contribution is 2.25. The van der Waals surface area contributed by atoms with Gasteiger partial charge < -0.3 is 10.6 Å². The van der Waals surface area contributed by atoms with Gasteiger partial charge in [0.1, 0.15) is 5.00 Å². The molecule has 0 spiro atoms. The molecule has 1 aromatic heterocycles. The van der Waals surface area contributed by atoms with E-state index in [-0.39, 0.29) is 36.5 Å². The number of carbonyl (C=O) groups excluding carboxylic acids is 4. The summed E-state index contributed by atoms with van der Waals surface area (Å²) in [7, 11) is 1.52. The van der Waals surface area contributed by atoms with E-state index in [1.807, 2.05) is 0 Å². The van der Waals surface area contributed by atoms with Crippen molar-refractivity contribution < 1.29 is 19.2 Å². The summed E-state index contributed by atoms with van der Waals surface area (Å²) in [6.07, 6.45) is 0.420. The van der Waals surface area contributed by atoms with Crippen LogP contribution in [0.4, 0.5) is 10.7 Å². The molecule has 0 radical (unpaired) electrons. The lowest BCUT2D eigenvalue weighted by atomic mass is 10.2. The molecule has 25 heavy (non-hydrogen) atoms. The summed E-state index contributed by atoms with van der Waals surface area (Å²) in [5.41, 5.74) is 1.20. The summed E-state index contributed by atoms with van der Waals surface area (Å²) in [6.45, 7) is 0. The second kappa shape index (κ2) is 6.86. The van der Waals surface area contributed by atoms with E-state index in [1.165, 1.54) is 30.5 Å². The summed E-state index contributed by atoms with van der Waals surface area (Å²) >= 11 is 1.25. The van der Waals surface area contributed by atoms with E-state index in [1.54, 1.807) is 23.6 Å². The van der Waals surface area contributed by atoms with Gasteiger partial charge in [-0.2, -0.15) is 0 Å². The van der Waals surface area contributed by atoms with Crippen molar-refractivity contribution in [2.24, 2.45) is 0 Å². The van der Waals surface area contributed by atoms with E-state index in [4.69, 9.17) is 0 Å². The second-order valence-corrected chi connectivity index (χ2v) is 6.28. The number of imide groups is 1. The Morgan fingerprint density at radius 1 is 1.00 bits per heavy atom. The van der Waals surface area contributed by atoms with Crippen molar-refractivity contribution in [3.63, 3.8) is 0 Å². The fraction of sp³-hybridized carbons (Fsp3) is 0.176. The number of hydrogen-bond acceptors (Lipinski definition) is 5. The monoisotopic (exact) mass is 357 g/mol. The number of rotatable bonds is 4. The van der Waals surface area contributed by atoms with Crippen LogP contribution in [0.1, 0.15) is 33.6 Å². The lowest BCUT2D eigenvalue weighted by Crippen LogP contribution is -2.28. The third kappa shape index (κ3) is 3.29. The van der Waals surface area contributed by atoms with Crippen LogP contribution in [0, 0.1) is 0 Å². The highest BCUT2D eigenvalue weighted by Gasteiger charge is 2.30. The molecule has 0 atom stereocenters. The van der Waals surface area contributed by atoms with Crippen LogP contribution in [-0.4, -0.2) is 30.7 Å². The Hall–Kier alpha value is -3.00. The van der Waals surface area contributed by atoms with Crippen molar-refractivity contribution in [2.75, 3.05) is 17.3 Å². The fourth-order valence-corrected chi connectivity index (χ4v) is 3.30. The van der Waals surface area contributed by atoms with Crippen LogP contribution in [0.2, 0.25) is 0 Å². The molecule has 8 heteroatoms. The van der Waals surface area contributed by atoms with Gasteiger partial charge in [0.25, 0.3) is 11.8 Å². The number of benzene rings is 1. The predicted octanol–water partition coefficient (Wildman–Crippen LogP) is 2.01. The van der Waals surface area contributed by atoms with Gasteiger partial charge in [-0.15, -0.1) is 11.3 Å². The van der Waals surface area contributed by atoms with E-state index in [2.05, 4.69) is 10.6 Å². The number of amides is 4. The van der Waals surface area contributed by atoms with Crippen LogP contribution in [0.15, 0.2) is 35.7 Å². The number of anilines is 2. The maximum Gasteiger partial charge on any atom is 0.256 e. The lowest BCUT2D eigenvalue weighted by Gasteiger charge is -2.14. The maximum absolute atomic E-state index is 12.4. The molecule has 128 valence electrons. The number of hydrogen-bond donors (Lipinski definition) is 2. The smallest absolute Gasteiger partial charge is 0.256 e. The van der Waals surface area contributed by atoms with Gasteiger partial charge in [0, 0.05) is 25.5 Å². The van der Waals surface area contributed by atoms with E-state index in [9.17, 15) is 19.2 Å². The molecule has 1 fully saturated rings. The van der Waals surface area contributed by atoms with Crippen LogP contribution in [0.5, 0.6) is 0 Å². The molecular weight excluding hydrogens is 342 g/mol. The minimum Gasteiger partial charge on any atom is -0.355 e. The number of nitrogens with one attached hydrogen (secondary N) is 2. The molecule has 0 saturated carbocycles. The van der Waals surface area contributed by atoms with Crippen LogP contribution in [0.3, 0.4) is 0 Å². The minimum absolute atomic E-state index is 0.210. The summed E-state index contributed by atoms with van der Waals surface area (Å²) in [5.74, 6) is -1.14. The highest BCUT2D eigenvalue weighted by atomic mass is 32.1. The summed E-state index contributed by atoms with van der Waals surface area (Å²) in [5, 5.41) is 7.39. The topological polar surface area (TPSA) is 95.6 Å². The van der Waals surface area contributed by atoms with E-state index < -0.39 is 0 Å². The summed E-state index contributed by atoms with van der Waals surface area (Å²) < 4.78 is 0. The van der Waals surface area contributed by atoms with Gasteiger partial charge >= 0.3 is 0 Å². The first-order valence-corrected chi connectivity index (χ1v) is 8.46. The molecule has 1 aliphatic rings. The zero-order valence-corrected chi connectivity index (χ0v) is 14.2. The Morgan fingerprint density at radius 2 is 1.64 bits per heavy atom. The van der Waals surface area contributed by atoms with E-state index in [0.29, 0.717) is 21.8 Å². The first kappa shape index (κ1) is 16.8. The van der Waals surface area contributed by atoms with Crippen molar-refractivity contribution in [1.82, 2.24) is 5.32 Å². The molecule has 1 aromatic carbocycles. The number of thiophene rings is 1. The normalized spacial score (nSPS) is 13.9. The second-order valence-electron chi connectivity index (χ2n) is 5.37. The summed E-state index contributed by atoms with van der Waals surface area (Å²) in [6, 6.07) is 7.83. The third-order valence-electron chi connectivity index (χ3n) is 3.80. The average Bonchev–Trinajstić information content (AvgIpc) is 3.21. The third-order valence-corrected chi connectivity index (χ3v) is 4.63. The van der Waals surface area contributed by atoms with Gasteiger partial charge in [0.2, 0.25) is 11.8 Å². The van der Waals surface area contributed by atoms with Crippen LogP contribution in [0.25, 0.3) is 0 Å². The summed E-state index contributed by atoms with van der Waals surface area (Å²) in [4.78, 5) is 48.7. The highest BCUT2D eigenvalue weighted by molar-refractivity contribution is 7.14. The fourth-order valence-electron chi connectivity index (χ4n) is 2.52. The minimum atomic E-state index is -0.377. The molecule has 0 aliphatic carbocycles. The van der Waals surface area contributed by atoms with Crippen molar-refractivity contribution in [3.8, 4) is 0 Å². The largest absolute Gasteiger partial charge is 0.355 e. The Morgan fingerprint density at radius 3 is 2.24 bits per heavy atom. The standard InChI is InChI=1S/C17H15N3O4S/c1-18-16(24)12-8-9-25-17(12)19-15(23)10-2-4-11(5-3-10)20-13(21)6-7-14(20)22/h2-5,8-9H,6-7H2,1H3,(H,18,24)(H,19,23). The SMILES string of the molecule is CNC(=O)c1ccsc1NC(=O)c1ccc(N2C(=O)CCC2=O)cc1. The van der Waals surface area contributed by atoms with Gasteiger partial charge in [-0.25, -0.2) is 0 Å². The molecule has 1 aliphatic heterocycles. The molecule has 0 unspecified atom stereocenters. The van der Waals surface area contributed by atoms with Gasteiger partial charge in [-0.05, 0) is 35.7 Å². The van der Waals surface area contributed by atoms with Gasteiger partial charge in [0.15, 0.2) is 0 Å². The van der Waals surface area contributed by atoms with Gasteiger partial charge in [-0.3, -0.25) is 24.1 Å². The molecule has 3 rings (SSSR count). The zero-order chi connectivity index (χ0) is 18.0. The number of carbonyl (C=O) groups is 4. The van der Waals surface area contributed by atoms with Crippen LogP contribution in [-0.2, 0) is 9.59 Å². The first-order valence-electron chi connectivity index (χ1n) is 7.58. The molecule has 2 heterocycles. The Balaban J connectivity index is 1.76. The molecule has 0 bridgehead atoms. The van der Waals surface area contributed by atoms with Crippen molar-refractivity contribution in [3.05, 3.63) is 46.8 Å². The Bertz CT molecular complexity index is 841.